The minimum absolute atomic E-state index is 0. The van der Waals surface area contributed by atoms with Crippen molar-refractivity contribution in [3.63, 3.8) is 0 Å². The SMILES string of the molecule is CC.N#CC(N)CCN1CCCC1.[HH]. The highest BCUT2D eigenvalue weighted by Gasteiger charge is 2.11. The number of nitrogens with two attached hydrogens (primary N) is 1. The Bertz CT molecular complexity index is 150. The van der Waals surface area contributed by atoms with Crippen LogP contribution in [0.25, 0.3) is 0 Å². The van der Waals surface area contributed by atoms with E-state index in [0.29, 0.717) is 0 Å². The van der Waals surface area contributed by atoms with Gasteiger partial charge in [0.1, 0.15) is 0 Å². The molecule has 1 rings (SSSR count). The summed E-state index contributed by atoms with van der Waals surface area (Å²) < 4.78 is 0. The Kier molecular flexibility index (Phi) is 7.66. The summed E-state index contributed by atoms with van der Waals surface area (Å²) in [6.07, 6.45) is 3.43. The van der Waals surface area contributed by atoms with E-state index in [1.165, 1.54) is 25.9 Å². The zero-order valence-electron chi connectivity index (χ0n) is 8.79. The van der Waals surface area contributed by atoms with Gasteiger partial charge < -0.3 is 10.6 Å². The molecule has 1 aliphatic heterocycles. The highest BCUT2D eigenvalue weighted by atomic mass is 15.1. The van der Waals surface area contributed by atoms with E-state index in [1.807, 2.05) is 19.9 Å². The van der Waals surface area contributed by atoms with E-state index in [1.54, 1.807) is 0 Å². The first-order valence-electron chi connectivity index (χ1n) is 5.20. The Morgan fingerprint density at radius 3 is 2.46 bits per heavy atom. The van der Waals surface area contributed by atoms with E-state index in [0.717, 1.165) is 13.0 Å². The summed E-state index contributed by atoms with van der Waals surface area (Å²) in [5, 5.41) is 8.42. The molecule has 2 N–H and O–H groups in total. The van der Waals surface area contributed by atoms with Gasteiger partial charge in [0.15, 0.2) is 0 Å². The molecule has 0 aromatic rings. The summed E-state index contributed by atoms with van der Waals surface area (Å²) in [6, 6.07) is 1.77. The van der Waals surface area contributed by atoms with Crippen LogP contribution in [-0.4, -0.2) is 30.6 Å². The van der Waals surface area contributed by atoms with Crippen LogP contribution in [0.4, 0.5) is 0 Å². The largest absolute Gasteiger partial charge is 0.316 e. The fourth-order valence-electron chi connectivity index (χ4n) is 1.39. The third kappa shape index (κ3) is 5.62. The minimum atomic E-state index is -0.268. The van der Waals surface area contributed by atoms with Crippen LogP contribution in [0.15, 0.2) is 0 Å². The van der Waals surface area contributed by atoms with Gasteiger partial charge in [-0.3, -0.25) is 0 Å². The van der Waals surface area contributed by atoms with Crippen molar-refractivity contribution in [3.05, 3.63) is 0 Å². The molecule has 0 aromatic heterocycles. The molecule has 0 saturated carbocycles. The van der Waals surface area contributed by atoms with Gasteiger partial charge in [0.05, 0.1) is 12.1 Å². The molecule has 3 heteroatoms. The van der Waals surface area contributed by atoms with E-state index in [9.17, 15) is 0 Å². The first-order chi connectivity index (χ1) is 6.33. The van der Waals surface area contributed by atoms with Gasteiger partial charge in [-0.05, 0) is 32.4 Å². The second kappa shape index (κ2) is 8.03. The Morgan fingerprint density at radius 1 is 1.46 bits per heavy atom. The second-order valence-corrected chi connectivity index (χ2v) is 3.07. The molecule has 1 aliphatic rings. The molecular weight excluding hydrogens is 162 g/mol. The Hall–Kier alpha value is -0.590. The maximum atomic E-state index is 8.42. The number of hydrogen-bond donors (Lipinski definition) is 1. The van der Waals surface area contributed by atoms with Gasteiger partial charge in [-0.2, -0.15) is 5.26 Å². The molecule has 1 unspecified atom stereocenters. The maximum Gasteiger partial charge on any atom is 0.0940 e. The molecule has 1 atom stereocenters. The first kappa shape index (κ1) is 12.4. The molecule has 13 heavy (non-hydrogen) atoms. The highest BCUT2D eigenvalue weighted by molar-refractivity contribution is 4.87. The van der Waals surface area contributed by atoms with Crippen molar-refractivity contribution < 1.29 is 1.43 Å². The molecule has 0 aliphatic carbocycles. The fraction of sp³-hybridized carbons (Fsp3) is 0.900. The standard InChI is InChI=1S/C8H15N3.C2H6.H2/c9-7-8(10)3-6-11-4-1-2-5-11;1-2;/h8H,1-6,10H2;1-2H3;1H. The van der Waals surface area contributed by atoms with E-state index in [2.05, 4.69) is 4.90 Å². The number of nitriles is 1. The van der Waals surface area contributed by atoms with Crippen LogP contribution < -0.4 is 5.73 Å². The summed E-state index contributed by atoms with van der Waals surface area (Å²) >= 11 is 0. The average Bonchev–Trinajstić information content (AvgIpc) is 2.70. The molecule has 1 saturated heterocycles. The Morgan fingerprint density at radius 2 is 2.00 bits per heavy atom. The van der Waals surface area contributed by atoms with Crippen LogP contribution in [0.1, 0.15) is 34.5 Å². The molecule has 1 fully saturated rings. The Labute approximate surface area is 83.0 Å². The molecule has 0 radical (unpaired) electrons. The van der Waals surface area contributed by atoms with E-state index < -0.39 is 0 Å². The minimum Gasteiger partial charge on any atom is -0.316 e. The van der Waals surface area contributed by atoms with Crippen molar-refractivity contribution in [1.82, 2.24) is 4.90 Å². The van der Waals surface area contributed by atoms with Crippen LogP contribution in [0.5, 0.6) is 0 Å². The third-order valence-corrected chi connectivity index (χ3v) is 2.12. The van der Waals surface area contributed by atoms with Gasteiger partial charge in [-0.15, -0.1) is 0 Å². The van der Waals surface area contributed by atoms with Crippen LogP contribution in [0, 0.1) is 11.3 Å². The number of rotatable bonds is 3. The van der Waals surface area contributed by atoms with E-state index in [-0.39, 0.29) is 7.47 Å². The van der Waals surface area contributed by atoms with Crippen molar-refractivity contribution in [2.75, 3.05) is 19.6 Å². The summed E-state index contributed by atoms with van der Waals surface area (Å²) in [5.74, 6) is 0. The molecule has 3 nitrogen and oxygen atoms in total. The van der Waals surface area contributed by atoms with Crippen LogP contribution >= 0.6 is 0 Å². The maximum absolute atomic E-state index is 8.42. The molecule has 0 amide bonds. The zero-order valence-corrected chi connectivity index (χ0v) is 8.79. The smallest absolute Gasteiger partial charge is 0.0940 e. The van der Waals surface area contributed by atoms with Crippen molar-refractivity contribution in [3.8, 4) is 6.07 Å². The fourth-order valence-corrected chi connectivity index (χ4v) is 1.39. The summed E-state index contributed by atoms with van der Waals surface area (Å²) in [4.78, 5) is 2.37. The molecule has 0 spiro atoms. The van der Waals surface area contributed by atoms with Gasteiger partial charge in [0, 0.05) is 7.97 Å². The third-order valence-electron chi connectivity index (χ3n) is 2.12. The lowest BCUT2D eigenvalue weighted by atomic mass is 10.2. The van der Waals surface area contributed by atoms with Gasteiger partial charge in [-0.1, -0.05) is 13.8 Å². The quantitative estimate of drug-likeness (QED) is 0.726. The number of hydrogen-bond acceptors (Lipinski definition) is 3. The topological polar surface area (TPSA) is 53.1 Å². The average molecular weight is 185 g/mol. The lowest BCUT2D eigenvalue weighted by molar-refractivity contribution is 0.329. The predicted molar refractivity (Wildman–Crippen MR) is 57.3 cm³/mol. The lowest BCUT2D eigenvalue weighted by Crippen LogP contribution is -2.27. The van der Waals surface area contributed by atoms with E-state index in [4.69, 9.17) is 11.0 Å². The number of nitrogens with zero attached hydrogens (tertiary/aromatic N) is 2. The first-order valence-corrected chi connectivity index (χ1v) is 5.20. The van der Waals surface area contributed by atoms with Crippen LogP contribution in [0.3, 0.4) is 0 Å². The van der Waals surface area contributed by atoms with E-state index >= 15 is 0 Å². The van der Waals surface area contributed by atoms with Crippen molar-refractivity contribution >= 4 is 0 Å². The molecule has 78 valence electrons. The second-order valence-electron chi connectivity index (χ2n) is 3.07. The number of likely N-dealkylation sites (tertiary alicyclic amines) is 1. The van der Waals surface area contributed by atoms with Crippen molar-refractivity contribution in [1.29, 1.82) is 5.26 Å². The van der Waals surface area contributed by atoms with Gasteiger partial charge in [0.25, 0.3) is 0 Å². The van der Waals surface area contributed by atoms with Crippen LogP contribution in [-0.2, 0) is 0 Å². The highest BCUT2D eigenvalue weighted by Crippen LogP contribution is 2.07. The lowest BCUT2D eigenvalue weighted by Gasteiger charge is -2.14. The molecule has 1 heterocycles. The van der Waals surface area contributed by atoms with Gasteiger partial charge in [-0.25, -0.2) is 0 Å². The molecule has 0 aromatic carbocycles. The predicted octanol–water partition coefficient (Wildman–Crippen LogP) is 1.60. The monoisotopic (exact) mass is 185 g/mol. The molecular formula is C10H23N3. The van der Waals surface area contributed by atoms with Crippen molar-refractivity contribution in [2.45, 2.75) is 39.2 Å². The summed E-state index contributed by atoms with van der Waals surface area (Å²) in [7, 11) is 0. The van der Waals surface area contributed by atoms with Crippen LogP contribution in [0.2, 0.25) is 0 Å². The normalized spacial score (nSPS) is 18.6. The van der Waals surface area contributed by atoms with Gasteiger partial charge in [0.2, 0.25) is 0 Å². The Balaban J connectivity index is 0. The van der Waals surface area contributed by atoms with Gasteiger partial charge >= 0.3 is 0 Å². The zero-order chi connectivity index (χ0) is 10.1. The molecule has 0 bridgehead atoms. The summed E-state index contributed by atoms with van der Waals surface area (Å²) in [6.45, 7) is 7.38. The van der Waals surface area contributed by atoms with Crippen molar-refractivity contribution in [2.24, 2.45) is 5.73 Å². The summed E-state index contributed by atoms with van der Waals surface area (Å²) in [5.41, 5.74) is 5.46.